The second kappa shape index (κ2) is 3.06. The largest absolute Gasteiger partial charge is 0.476 e. The van der Waals surface area contributed by atoms with Gasteiger partial charge in [0.2, 0.25) is 0 Å². The van der Waals surface area contributed by atoms with Crippen LogP contribution in [0.5, 0.6) is 0 Å². The van der Waals surface area contributed by atoms with Crippen molar-refractivity contribution in [2.45, 2.75) is 31.8 Å². The molecule has 0 unspecified atom stereocenters. The van der Waals surface area contributed by atoms with Gasteiger partial charge in [-0.15, -0.1) is 0 Å². The number of rotatable bonds is 2. The predicted octanol–water partition coefficient (Wildman–Crippen LogP) is 0.628. The van der Waals surface area contributed by atoms with Crippen molar-refractivity contribution in [3.05, 3.63) is 17.0 Å². The van der Waals surface area contributed by atoms with E-state index < -0.39 is 5.97 Å². The molecule has 0 saturated heterocycles. The molecule has 1 aliphatic heterocycles. The number of carbonyl (C=O) groups is 1. The molecule has 0 amide bonds. The summed E-state index contributed by atoms with van der Waals surface area (Å²) in [4.78, 5) is 13.3. The Balaban J connectivity index is 1.91. The average molecular weight is 207 g/mol. The Morgan fingerprint density at radius 3 is 3.00 bits per heavy atom. The lowest BCUT2D eigenvalue weighted by Gasteiger charge is -2.26. The summed E-state index contributed by atoms with van der Waals surface area (Å²) in [6.45, 7) is 1.77. The maximum absolute atomic E-state index is 10.9. The lowest BCUT2D eigenvalue weighted by Crippen LogP contribution is -2.32. The minimum Gasteiger partial charge on any atom is -0.476 e. The number of aromatic carboxylic acids is 1. The smallest absolute Gasteiger partial charge is 0.356 e. The van der Waals surface area contributed by atoms with Gasteiger partial charge in [0.25, 0.3) is 0 Å². The summed E-state index contributed by atoms with van der Waals surface area (Å²) in [5.74, 6) is -0.926. The highest BCUT2D eigenvalue weighted by Crippen LogP contribution is 2.31. The Bertz CT molecular complexity index is 409. The fraction of sp³-hybridized carbons (Fsp3) is 0.600. The van der Waals surface area contributed by atoms with E-state index in [4.69, 9.17) is 5.11 Å². The van der Waals surface area contributed by atoms with E-state index in [2.05, 4.69) is 15.1 Å². The molecule has 0 spiro atoms. The number of H-pyrrole nitrogens is 1. The number of nitrogens with one attached hydrogen (secondary N) is 1. The molecule has 1 aliphatic carbocycles. The number of carboxylic acids is 1. The van der Waals surface area contributed by atoms with Crippen LogP contribution < -0.4 is 0 Å². The van der Waals surface area contributed by atoms with Gasteiger partial charge in [-0.25, -0.2) is 4.79 Å². The van der Waals surface area contributed by atoms with Crippen molar-refractivity contribution in [3.8, 4) is 0 Å². The first-order valence-electron chi connectivity index (χ1n) is 5.29. The van der Waals surface area contributed by atoms with E-state index >= 15 is 0 Å². The van der Waals surface area contributed by atoms with Crippen molar-refractivity contribution in [1.82, 2.24) is 15.1 Å². The number of nitrogens with zero attached hydrogens (tertiary/aromatic N) is 2. The standard InChI is InChI=1S/C10H13N3O2/c14-10(15)9-7-5-13(6-1-2-6)4-3-8(7)11-12-9/h6H,1-5H2,(H,11,12)(H,14,15). The van der Waals surface area contributed by atoms with Crippen LogP contribution in [0.25, 0.3) is 0 Å². The minimum atomic E-state index is -0.926. The van der Waals surface area contributed by atoms with Gasteiger partial charge in [-0.1, -0.05) is 0 Å². The zero-order valence-electron chi connectivity index (χ0n) is 8.36. The first kappa shape index (κ1) is 8.91. The van der Waals surface area contributed by atoms with Crippen molar-refractivity contribution >= 4 is 5.97 Å². The highest BCUT2D eigenvalue weighted by atomic mass is 16.4. The number of carboxylic acid groups (broad SMARTS) is 1. The van der Waals surface area contributed by atoms with Crippen LogP contribution in [0.4, 0.5) is 0 Å². The van der Waals surface area contributed by atoms with Crippen LogP contribution in [0, 0.1) is 0 Å². The highest BCUT2D eigenvalue weighted by molar-refractivity contribution is 5.87. The van der Waals surface area contributed by atoms with E-state index in [1.807, 2.05) is 0 Å². The van der Waals surface area contributed by atoms with Crippen molar-refractivity contribution in [3.63, 3.8) is 0 Å². The van der Waals surface area contributed by atoms with Crippen LogP contribution in [-0.4, -0.2) is 38.8 Å². The topological polar surface area (TPSA) is 69.2 Å². The van der Waals surface area contributed by atoms with Crippen LogP contribution in [0.2, 0.25) is 0 Å². The SMILES string of the molecule is O=C(O)c1n[nH]c2c1CN(C1CC1)CC2. The molecule has 80 valence electrons. The molecule has 2 heterocycles. The monoisotopic (exact) mass is 207 g/mol. The van der Waals surface area contributed by atoms with Gasteiger partial charge in [0.15, 0.2) is 5.69 Å². The third-order valence-corrected chi connectivity index (χ3v) is 3.23. The number of hydrogen-bond acceptors (Lipinski definition) is 3. The van der Waals surface area contributed by atoms with E-state index in [0.29, 0.717) is 6.04 Å². The van der Waals surface area contributed by atoms with Crippen molar-refractivity contribution in [2.75, 3.05) is 6.54 Å². The van der Waals surface area contributed by atoms with E-state index in [0.717, 1.165) is 30.8 Å². The van der Waals surface area contributed by atoms with Crippen LogP contribution in [0.3, 0.4) is 0 Å². The maximum atomic E-state index is 10.9. The molecule has 2 aliphatic rings. The molecule has 1 aromatic heterocycles. The Morgan fingerprint density at radius 2 is 2.33 bits per heavy atom. The summed E-state index contributed by atoms with van der Waals surface area (Å²) in [5, 5.41) is 15.7. The second-order valence-electron chi connectivity index (χ2n) is 4.29. The Morgan fingerprint density at radius 1 is 1.53 bits per heavy atom. The van der Waals surface area contributed by atoms with Gasteiger partial charge in [0.1, 0.15) is 0 Å². The highest BCUT2D eigenvalue weighted by Gasteiger charge is 2.33. The summed E-state index contributed by atoms with van der Waals surface area (Å²) >= 11 is 0. The van der Waals surface area contributed by atoms with E-state index in [1.54, 1.807) is 0 Å². The number of fused-ring (bicyclic) bond motifs is 1. The molecule has 1 saturated carbocycles. The van der Waals surface area contributed by atoms with Crippen LogP contribution in [-0.2, 0) is 13.0 Å². The average Bonchev–Trinajstić information content (AvgIpc) is 2.97. The number of aromatic amines is 1. The molecule has 3 rings (SSSR count). The van der Waals surface area contributed by atoms with Gasteiger partial charge in [-0.2, -0.15) is 5.10 Å². The third kappa shape index (κ3) is 1.43. The predicted molar refractivity (Wildman–Crippen MR) is 52.7 cm³/mol. The molecule has 5 nitrogen and oxygen atoms in total. The zero-order chi connectivity index (χ0) is 10.4. The Hall–Kier alpha value is -1.36. The zero-order valence-corrected chi connectivity index (χ0v) is 8.36. The minimum absolute atomic E-state index is 0.204. The summed E-state index contributed by atoms with van der Waals surface area (Å²) in [5.41, 5.74) is 2.10. The Kier molecular flexibility index (Phi) is 1.82. The summed E-state index contributed by atoms with van der Waals surface area (Å²) < 4.78 is 0. The van der Waals surface area contributed by atoms with Crippen molar-refractivity contribution in [1.29, 1.82) is 0 Å². The molecule has 0 radical (unpaired) electrons. The van der Waals surface area contributed by atoms with E-state index in [-0.39, 0.29) is 5.69 Å². The summed E-state index contributed by atoms with van der Waals surface area (Å²) in [6, 6.07) is 0.690. The molecule has 15 heavy (non-hydrogen) atoms. The first-order valence-corrected chi connectivity index (χ1v) is 5.29. The maximum Gasteiger partial charge on any atom is 0.356 e. The second-order valence-corrected chi connectivity index (χ2v) is 4.29. The van der Waals surface area contributed by atoms with Gasteiger partial charge in [-0.3, -0.25) is 10.00 Å². The summed E-state index contributed by atoms with van der Waals surface area (Å²) in [6.07, 6.45) is 3.41. The number of aromatic nitrogens is 2. The van der Waals surface area contributed by atoms with Crippen molar-refractivity contribution < 1.29 is 9.90 Å². The van der Waals surface area contributed by atoms with E-state index in [9.17, 15) is 4.79 Å². The summed E-state index contributed by atoms with van der Waals surface area (Å²) in [7, 11) is 0. The quantitative estimate of drug-likeness (QED) is 0.746. The lowest BCUT2D eigenvalue weighted by molar-refractivity contribution is 0.0687. The molecular weight excluding hydrogens is 194 g/mol. The van der Waals surface area contributed by atoms with Crippen LogP contribution >= 0.6 is 0 Å². The molecule has 1 fully saturated rings. The first-order chi connectivity index (χ1) is 7.25. The molecule has 0 aromatic carbocycles. The van der Waals surface area contributed by atoms with Gasteiger partial charge in [0, 0.05) is 36.8 Å². The molecule has 5 heteroatoms. The molecule has 1 aromatic rings. The van der Waals surface area contributed by atoms with Gasteiger partial charge in [0.05, 0.1) is 0 Å². The van der Waals surface area contributed by atoms with Gasteiger partial charge in [-0.05, 0) is 12.8 Å². The van der Waals surface area contributed by atoms with E-state index in [1.165, 1.54) is 12.8 Å². The molecule has 0 atom stereocenters. The third-order valence-electron chi connectivity index (χ3n) is 3.23. The fourth-order valence-electron chi connectivity index (χ4n) is 2.24. The molecular formula is C10H13N3O2. The lowest BCUT2D eigenvalue weighted by atomic mass is 10.1. The Labute approximate surface area is 87.1 Å². The van der Waals surface area contributed by atoms with Gasteiger partial charge < -0.3 is 5.11 Å². The molecule has 2 N–H and O–H groups in total. The normalized spacial score (nSPS) is 21.3. The van der Waals surface area contributed by atoms with Crippen LogP contribution in [0.15, 0.2) is 0 Å². The number of hydrogen-bond donors (Lipinski definition) is 2. The van der Waals surface area contributed by atoms with Crippen LogP contribution in [0.1, 0.15) is 34.6 Å². The molecule has 0 bridgehead atoms. The van der Waals surface area contributed by atoms with Gasteiger partial charge >= 0.3 is 5.97 Å². The van der Waals surface area contributed by atoms with Crippen molar-refractivity contribution in [2.24, 2.45) is 0 Å². The fourth-order valence-corrected chi connectivity index (χ4v) is 2.24.